The van der Waals surface area contributed by atoms with Gasteiger partial charge in [0, 0.05) is 25.0 Å². The smallest absolute Gasteiger partial charge is 0.275 e. The van der Waals surface area contributed by atoms with Crippen molar-refractivity contribution in [2.45, 2.75) is 25.7 Å². The van der Waals surface area contributed by atoms with Crippen molar-refractivity contribution in [3.05, 3.63) is 47.0 Å². The number of halogens is 1. The molecule has 0 aliphatic heterocycles. The fraction of sp³-hybridized carbons (Fsp3) is 0.312. The normalized spacial score (nSPS) is 11.6. The predicted octanol–water partition coefficient (Wildman–Crippen LogP) is 2.72. The molecule has 0 spiro atoms. The van der Waals surface area contributed by atoms with Gasteiger partial charge >= 0.3 is 0 Å². The summed E-state index contributed by atoms with van der Waals surface area (Å²) in [5.74, 6) is -0.485. The number of aryl methyl sites for hydroxylation is 1. The predicted molar refractivity (Wildman–Crippen MR) is 96.3 cm³/mol. The van der Waals surface area contributed by atoms with Gasteiger partial charge in [0.1, 0.15) is 10.6 Å². The lowest BCUT2D eigenvalue weighted by Crippen LogP contribution is -2.30. The van der Waals surface area contributed by atoms with Crippen molar-refractivity contribution in [2.75, 3.05) is 18.4 Å². The molecule has 0 atom stereocenters. The van der Waals surface area contributed by atoms with Crippen molar-refractivity contribution < 1.29 is 13.2 Å². The highest BCUT2D eigenvalue weighted by molar-refractivity contribution is 7.89. The third-order valence-corrected chi connectivity index (χ3v) is 6.06. The summed E-state index contributed by atoms with van der Waals surface area (Å²) in [6.45, 7) is 5.90. The molecule has 134 valence electrons. The zero-order chi connectivity index (χ0) is 18.6. The van der Waals surface area contributed by atoms with Crippen LogP contribution in [0.15, 0.2) is 35.5 Å². The minimum absolute atomic E-state index is 0.0503. The van der Waals surface area contributed by atoms with E-state index in [0.717, 1.165) is 0 Å². The summed E-state index contributed by atoms with van der Waals surface area (Å²) in [6, 6.07) is 4.31. The number of hydrogen-bond donors (Lipinski definition) is 1. The molecule has 1 amide bonds. The fourth-order valence-corrected chi connectivity index (χ4v) is 4.14. The molecule has 0 aliphatic carbocycles. The van der Waals surface area contributed by atoms with Gasteiger partial charge in [-0.3, -0.25) is 9.78 Å². The van der Waals surface area contributed by atoms with E-state index in [1.54, 1.807) is 20.8 Å². The van der Waals surface area contributed by atoms with Crippen LogP contribution in [0.2, 0.25) is 5.02 Å². The highest BCUT2D eigenvalue weighted by Crippen LogP contribution is 2.27. The number of nitrogens with one attached hydrogen (secondary N) is 1. The number of benzene rings is 1. The summed E-state index contributed by atoms with van der Waals surface area (Å²) >= 11 is 6.07. The van der Waals surface area contributed by atoms with Gasteiger partial charge in [0.05, 0.1) is 16.9 Å². The van der Waals surface area contributed by atoms with Crippen LogP contribution in [0, 0.1) is 6.92 Å². The van der Waals surface area contributed by atoms with E-state index in [1.807, 2.05) is 0 Å². The van der Waals surface area contributed by atoms with Gasteiger partial charge in [-0.2, -0.15) is 4.31 Å². The minimum atomic E-state index is -3.74. The Bertz CT molecular complexity index is 865. The maximum absolute atomic E-state index is 12.7. The van der Waals surface area contributed by atoms with Crippen LogP contribution in [0.3, 0.4) is 0 Å². The van der Waals surface area contributed by atoms with Crippen LogP contribution in [0.25, 0.3) is 0 Å². The molecule has 0 radical (unpaired) electrons. The first-order valence-corrected chi connectivity index (χ1v) is 9.51. The number of carbonyl (C=O) groups is 1. The summed E-state index contributed by atoms with van der Waals surface area (Å²) in [5.41, 5.74) is 1.13. The molecule has 0 unspecified atom stereocenters. The van der Waals surface area contributed by atoms with Crippen LogP contribution in [0.5, 0.6) is 0 Å². The average molecular weight is 383 g/mol. The Labute approximate surface area is 152 Å². The number of anilines is 1. The summed E-state index contributed by atoms with van der Waals surface area (Å²) in [6.07, 6.45) is 2.83. The number of sulfonamides is 1. The lowest BCUT2D eigenvalue weighted by atomic mass is 10.3. The quantitative estimate of drug-likeness (QED) is 0.829. The van der Waals surface area contributed by atoms with Crippen LogP contribution < -0.4 is 5.32 Å². The number of aromatic nitrogens is 2. The summed E-state index contributed by atoms with van der Waals surface area (Å²) in [7, 11) is -3.74. The standard InChI is InChI=1S/C16H19ClN4O3S/c1-4-21(5-2)25(23,24)15-8-12(6-7-13(15)17)20-16(22)14-10-18-11(3)9-19-14/h6-10H,4-5H2,1-3H3,(H,20,22). The molecule has 1 N–H and O–H groups in total. The van der Waals surface area contributed by atoms with E-state index in [-0.39, 0.29) is 15.6 Å². The lowest BCUT2D eigenvalue weighted by molar-refractivity contribution is 0.102. The molecule has 9 heteroatoms. The summed E-state index contributed by atoms with van der Waals surface area (Å²) in [4.78, 5) is 20.2. The number of amides is 1. The second-order valence-electron chi connectivity index (χ2n) is 5.23. The van der Waals surface area contributed by atoms with Crippen LogP contribution in [0.1, 0.15) is 30.0 Å². The molecule has 25 heavy (non-hydrogen) atoms. The van der Waals surface area contributed by atoms with Gasteiger partial charge in [-0.25, -0.2) is 13.4 Å². The van der Waals surface area contributed by atoms with Crippen LogP contribution in [0.4, 0.5) is 5.69 Å². The number of nitrogens with zero attached hydrogens (tertiary/aromatic N) is 3. The highest BCUT2D eigenvalue weighted by atomic mass is 35.5. The van der Waals surface area contributed by atoms with Gasteiger partial charge in [0.25, 0.3) is 5.91 Å². The monoisotopic (exact) mass is 382 g/mol. The van der Waals surface area contributed by atoms with Crippen molar-refractivity contribution in [3.63, 3.8) is 0 Å². The van der Waals surface area contributed by atoms with Gasteiger partial charge < -0.3 is 5.32 Å². The van der Waals surface area contributed by atoms with Crippen molar-refractivity contribution in [1.29, 1.82) is 0 Å². The molecular weight excluding hydrogens is 364 g/mol. The van der Waals surface area contributed by atoms with Crippen LogP contribution in [-0.2, 0) is 10.0 Å². The van der Waals surface area contributed by atoms with E-state index in [0.29, 0.717) is 24.5 Å². The van der Waals surface area contributed by atoms with Crippen molar-refractivity contribution in [3.8, 4) is 0 Å². The molecule has 0 saturated heterocycles. The summed E-state index contributed by atoms with van der Waals surface area (Å²) < 4.78 is 26.6. The first-order chi connectivity index (χ1) is 11.8. The van der Waals surface area contributed by atoms with Gasteiger partial charge in [-0.05, 0) is 25.1 Å². The van der Waals surface area contributed by atoms with Gasteiger partial charge in [0.15, 0.2) is 0 Å². The minimum Gasteiger partial charge on any atom is -0.321 e. The molecule has 1 aromatic heterocycles. The Morgan fingerprint density at radius 3 is 2.44 bits per heavy atom. The second-order valence-corrected chi connectivity index (χ2v) is 7.55. The van der Waals surface area contributed by atoms with Crippen molar-refractivity contribution in [2.24, 2.45) is 0 Å². The molecule has 0 fully saturated rings. The third-order valence-electron chi connectivity index (χ3n) is 3.53. The zero-order valence-electron chi connectivity index (χ0n) is 14.2. The van der Waals surface area contributed by atoms with E-state index in [1.165, 1.54) is 34.9 Å². The van der Waals surface area contributed by atoms with E-state index >= 15 is 0 Å². The number of hydrogen-bond acceptors (Lipinski definition) is 5. The molecule has 2 aromatic rings. The Morgan fingerprint density at radius 2 is 1.88 bits per heavy atom. The van der Waals surface area contributed by atoms with Crippen molar-refractivity contribution >= 4 is 33.2 Å². The zero-order valence-corrected chi connectivity index (χ0v) is 15.7. The molecule has 2 rings (SSSR count). The molecule has 0 saturated carbocycles. The number of rotatable bonds is 6. The molecule has 0 bridgehead atoms. The first-order valence-electron chi connectivity index (χ1n) is 7.69. The number of carbonyl (C=O) groups excluding carboxylic acids is 1. The van der Waals surface area contributed by atoms with Gasteiger partial charge in [0.2, 0.25) is 10.0 Å². The molecular formula is C16H19ClN4O3S. The third kappa shape index (κ3) is 4.33. The maximum atomic E-state index is 12.7. The van der Waals surface area contributed by atoms with E-state index in [9.17, 15) is 13.2 Å². The Morgan fingerprint density at radius 1 is 1.20 bits per heavy atom. The maximum Gasteiger partial charge on any atom is 0.275 e. The Balaban J connectivity index is 2.33. The van der Waals surface area contributed by atoms with Crippen LogP contribution >= 0.6 is 11.6 Å². The Hall–Kier alpha value is -2.03. The van der Waals surface area contributed by atoms with Crippen LogP contribution in [-0.4, -0.2) is 41.7 Å². The Kier molecular flexibility index (Phi) is 6.10. The van der Waals surface area contributed by atoms with Gasteiger partial charge in [-0.15, -0.1) is 0 Å². The summed E-state index contributed by atoms with van der Waals surface area (Å²) in [5, 5.41) is 2.71. The largest absolute Gasteiger partial charge is 0.321 e. The van der Waals surface area contributed by atoms with E-state index < -0.39 is 15.9 Å². The SMILES string of the molecule is CCN(CC)S(=O)(=O)c1cc(NC(=O)c2cnc(C)cn2)ccc1Cl. The lowest BCUT2D eigenvalue weighted by Gasteiger charge is -2.19. The highest BCUT2D eigenvalue weighted by Gasteiger charge is 2.25. The first kappa shape index (κ1) is 19.3. The van der Waals surface area contributed by atoms with Gasteiger partial charge in [-0.1, -0.05) is 25.4 Å². The molecule has 7 nitrogen and oxygen atoms in total. The molecule has 1 heterocycles. The fourth-order valence-electron chi connectivity index (χ4n) is 2.19. The van der Waals surface area contributed by atoms with Crippen molar-refractivity contribution in [1.82, 2.24) is 14.3 Å². The second kappa shape index (κ2) is 7.90. The molecule has 0 aliphatic rings. The van der Waals surface area contributed by atoms with E-state index in [2.05, 4.69) is 15.3 Å². The average Bonchev–Trinajstić information content (AvgIpc) is 2.57. The molecule has 1 aromatic carbocycles. The van der Waals surface area contributed by atoms with E-state index in [4.69, 9.17) is 11.6 Å². The topological polar surface area (TPSA) is 92.3 Å².